The van der Waals surface area contributed by atoms with Gasteiger partial charge < -0.3 is 69.4 Å². The fraction of sp³-hybridized carbons (Fsp3) is 0.264. The van der Waals surface area contributed by atoms with Crippen LogP contribution in [0.25, 0.3) is 10.9 Å². The predicted octanol–water partition coefficient (Wildman–Crippen LogP) is 15.8. The van der Waals surface area contributed by atoms with E-state index in [2.05, 4.69) is 89.5 Å². The van der Waals surface area contributed by atoms with Crippen molar-refractivity contribution >= 4 is 151 Å². The number of para-hydroxylation sites is 3. The highest BCUT2D eigenvalue weighted by Gasteiger charge is 2.33. The molecule has 7 aromatic carbocycles. The van der Waals surface area contributed by atoms with E-state index >= 15 is 0 Å². The zero-order valence-corrected chi connectivity index (χ0v) is 64.5. The van der Waals surface area contributed by atoms with Gasteiger partial charge in [0.05, 0.1) is 95.1 Å². The first-order valence-corrected chi connectivity index (χ1v) is 42.5. The van der Waals surface area contributed by atoms with Gasteiger partial charge in [0.25, 0.3) is 0 Å². The molecule has 3 aromatic heterocycles. The lowest BCUT2D eigenvalue weighted by Gasteiger charge is -2.32. The average Bonchev–Trinajstić information content (AvgIpc) is 0.769. The minimum Gasteiger partial charge on any atom is -0.495 e. The minimum atomic E-state index is -4.98. The van der Waals surface area contributed by atoms with Crippen molar-refractivity contribution in [3.05, 3.63) is 179 Å². The number of hydrogen-bond acceptors (Lipinski definition) is 24. The maximum absolute atomic E-state index is 13.0. The molecule has 0 amide bonds. The number of nitrogens with one attached hydrogen (secondary N) is 6. The molecule has 1 saturated heterocycles. The van der Waals surface area contributed by atoms with Crippen LogP contribution in [0.15, 0.2) is 163 Å². The zero-order valence-electron chi connectivity index (χ0n) is 59.5. The van der Waals surface area contributed by atoms with Crippen LogP contribution < -0.4 is 66.8 Å². The van der Waals surface area contributed by atoms with Crippen LogP contribution >= 0.6 is 44.6 Å². The number of alkyl halides is 3. The summed E-state index contributed by atoms with van der Waals surface area (Å²) in [7, 11) is -4.20. The summed E-state index contributed by atoms with van der Waals surface area (Å²) in [5, 5.41) is 30.1. The number of rotatable bonds is 23. The van der Waals surface area contributed by atoms with Crippen LogP contribution in [0.5, 0.6) is 23.0 Å². The van der Waals surface area contributed by atoms with Crippen LogP contribution in [0.3, 0.4) is 0 Å². The Bertz CT molecular complexity index is 5120. The van der Waals surface area contributed by atoms with Crippen molar-refractivity contribution in [2.24, 2.45) is 0 Å². The molecule has 0 aliphatic carbocycles. The lowest BCUT2D eigenvalue weighted by Crippen LogP contribution is -2.43. The number of methoxy groups -OCH3 is 3. The Hall–Kier alpha value is -9.54. The molecule has 0 radical (unpaired) electrons. The van der Waals surface area contributed by atoms with Crippen LogP contribution in [0.2, 0.25) is 10.0 Å². The number of halogens is 5. The Morgan fingerprint density at radius 1 is 0.543 bits per heavy atom. The van der Waals surface area contributed by atoms with E-state index in [1.165, 1.54) is 37.2 Å². The molecule has 4 heterocycles. The maximum atomic E-state index is 13.0. The van der Waals surface area contributed by atoms with Gasteiger partial charge in [-0.25, -0.2) is 23.4 Å². The lowest BCUT2D eigenvalue weighted by atomic mass is 10.1. The minimum absolute atomic E-state index is 0.0156. The van der Waals surface area contributed by atoms with Crippen molar-refractivity contribution in [1.29, 1.82) is 5.26 Å². The molecule has 0 spiro atoms. The first-order valence-electron chi connectivity index (χ1n) is 32.4. The van der Waals surface area contributed by atoms with E-state index in [0.717, 1.165) is 55.2 Å². The van der Waals surface area contributed by atoms with E-state index in [4.69, 9.17) is 42.7 Å². The number of sulfone groups is 1. The molecule has 0 unspecified atom stereocenters. The Kier molecular flexibility index (Phi) is 25.9. The Morgan fingerprint density at radius 2 is 1.01 bits per heavy atom. The van der Waals surface area contributed by atoms with Gasteiger partial charge in [0.15, 0.2) is 27.2 Å². The number of nitrogens with zero attached hydrogens (tertiary/aromatic N) is 9. The largest absolute Gasteiger partial charge is 0.573 e. The second kappa shape index (κ2) is 34.1. The molecule has 105 heavy (non-hydrogen) atoms. The number of likely N-dealkylation sites (N-methyl/N-ethyl adjacent to an activating group) is 1. The number of aromatic nitrogens is 6. The lowest BCUT2D eigenvalue weighted by molar-refractivity contribution is -0.274. The molecular formula is C72H79Cl2F3N15O9P3S. The molecule has 1 fully saturated rings. The van der Waals surface area contributed by atoms with Crippen LogP contribution in [-0.2, 0) is 30.1 Å². The summed E-state index contributed by atoms with van der Waals surface area (Å²) in [4.78, 5) is 31.5. The van der Waals surface area contributed by atoms with E-state index in [1.54, 1.807) is 135 Å². The highest BCUT2D eigenvalue weighted by atomic mass is 35.5. The monoisotopic (exact) mass is 1550 g/mol. The first kappa shape index (κ1) is 79.6. The Labute approximate surface area is 617 Å². The maximum Gasteiger partial charge on any atom is 0.573 e. The fourth-order valence-corrected chi connectivity index (χ4v) is 14.8. The molecular weight excluding hydrogens is 1470 g/mol. The number of nitriles is 1. The molecule has 33 heteroatoms. The molecule has 552 valence electrons. The van der Waals surface area contributed by atoms with Crippen molar-refractivity contribution in [3.63, 3.8) is 0 Å². The van der Waals surface area contributed by atoms with Crippen molar-refractivity contribution < 1.29 is 54.2 Å². The van der Waals surface area contributed by atoms with Crippen LogP contribution in [-0.4, -0.2) is 154 Å². The van der Waals surface area contributed by atoms with E-state index in [-0.39, 0.29) is 32.9 Å². The van der Waals surface area contributed by atoms with Gasteiger partial charge in [0.2, 0.25) is 17.8 Å². The summed E-state index contributed by atoms with van der Waals surface area (Å²) in [5.41, 5.74) is 4.69. The van der Waals surface area contributed by atoms with Gasteiger partial charge in [-0.1, -0.05) is 65.7 Å². The number of hydrogen-bond donors (Lipinski definition) is 6. The molecule has 0 bridgehead atoms. The third kappa shape index (κ3) is 21.4. The Morgan fingerprint density at radius 3 is 1.54 bits per heavy atom. The van der Waals surface area contributed by atoms with Gasteiger partial charge >= 0.3 is 6.36 Å². The zero-order chi connectivity index (χ0) is 76.2. The summed E-state index contributed by atoms with van der Waals surface area (Å²) in [6.07, 6.45) is -2.19. The number of ether oxygens (including phenoxy) is 4. The average molecular weight is 1550 g/mol. The molecule has 10 aromatic rings. The van der Waals surface area contributed by atoms with Gasteiger partial charge in [-0.3, -0.25) is 4.90 Å². The number of anilines is 12. The van der Waals surface area contributed by atoms with Crippen molar-refractivity contribution in [3.8, 4) is 29.1 Å². The van der Waals surface area contributed by atoms with Gasteiger partial charge in [0, 0.05) is 60.1 Å². The summed E-state index contributed by atoms with van der Waals surface area (Å²) >= 11 is 12.5. The second-order valence-electron chi connectivity index (χ2n) is 25.4. The molecule has 1 aliphatic rings. The van der Waals surface area contributed by atoms with Crippen LogP contribution in [0.1, 0.15) is 25.0 Å². The summed E-state index contributed by atoms with van der Waals surface area (Å²) in [6.45, 7) is 18.6. The van der Waals surface area contributed by atoms with Crippen LogP contribution in [0.4, 0.5) is 82.6 Å². The summed E-state index contributed by atoms with van der Waals surface area (Å²) in [6, 6.07) is 43.4. The van der Waals surface area contributed by atoms with Gasteiger partial charge in [-0.15, -0.1) is 13.2 Å². The SMILES string of the molecule is COc1cc(CN2CCN(C)CC2)ccc1Nc1ncc(Cl)c(Nc2ccccc2P(C)(C)=O)n1.COc1cc(P(C)(C)=O)ccc1Nc1nc(Nc2ccccc2S(=O)(=O)C(C)C)c2ccccc2n1.COc1cc(P(C)(C)=O)ccc1Nc1ncc(Cl)c(Nc2ccc(C#N)cc2OC(F)(F)F)n1. The topological polar surface area (TPSA) is 302 Å². The Balaban J connectivity index is 0.000000183. The number of benzene rings is 7. The second-order valence-corrected chi connectivity index (χ2v) is 38.3. The highest BCUT2D eigenvalue weighted by Crippen LogP contribution is 2.43. The molecule has 0 saturated carbocycles. The van der Waals surface area contributed by atoms with E-state index in [9.17, 15) is 35.3 Å². The molecule has 1 aliphatic heterocycles. The quantitative estimate of drug-likeness (QED) is 0.0324. The standard InChI is InChI=1S/C26H29N4O4PS.C25H32ClN6O2P.C21H18ClF3N5O3P/c1-17(2)36(32,33)24-13-9-8-12-22(24)27-25-19-10-6-7-11-20(19)28-26(30-25)29-21-15-14-18(35(4,5)31)16-23(21)34-3;1-31-11-13-32(14-12-31)17-18-9-10-20(22(15-18)34-2)29-25-27-16-19(26)24(30-25)28-21-7-5-6-8-23(21)35(3,4)33;1-32-17-9-13(34(2,3)31)5-7-15(17)29-20-27-11-14(22)19(30-20)28-16-6-4-12(10-26)8-18(16)33-21(23,24)25/h6-17H,1-5H3,(H2,27,28,29,30);5-10,15-16H,11-14,17H2,1-4H3,(H2,27,28,29,30);4-9,11H,1-3H3,(H2,27,28,29,30). The smallest absolute Gasteiger partial charge is 0.495 e. The highest BCUT2D eigenvalue weighted by molar-refractivity contribution is 7.92. The van der Waals surface area contributed by atoms with E-state index in [1.807, 2.05) is 60.7 Å². The van der Waals surface area contributed by atoms with E-state index < -0.39 is 48.6 Å². The molecule has 11 rings (SSSR count). The van der Waals surface area contributed by atoms with Crippen molar-refractivity contribution in [1.82, 2.24) is 39.7 Å². The summed E-state index contributed by atoms with van der Waals surface area (Å²) < 4.78 is 123. The number of piperazine rings is 1. The van der Waals surface area contributed by atoms with Gasteiger partial charge in [-0.2, -0.15) is 20.2 Å². The number of fused-ring (bicyclic) bond motifs is 1. The molecule has 6 N–H and O–H groups in total. The van der Waals surface area contributed by atoms with Gasteiger partial charge in [-0.05, 0) is 164 Å². The first-order chi connectivity index (χ1) is 49.6. The van der Waals surface area contributed by atoms with Gasteiger partial charge in [0.1, 0.15) is 54.5 Å². The third-order valence-electron chi connectivity index (χ3n) is 16.1. The van der Waals surface area contributed by atoms with Crippen molar-refractivity contribution in [2.75, 3.05) is 126 Å². The predicted molar refractivity (Wildman–Crippen MR) is 415 cm³/mol. The fourth-order valence-electron chi connectivity index (χ4n) is 10.5. The molecule has 0 atom stereocenters. The normalized spacial score (nSPS) is 12.9. The third-order valence-corrected chi connectivity index (χ3v) is 23.5. The van der Waals surface area contributed by atoms with Crippen molar-refractivity contribution in [2.45, 2.75) is 36.9 Å². The van der Waals surface area contributed by atoms with Crippen LogP contribution in [0, 0.1) is 11.3 Å². The van der Waals surface area contributed by atoms with E-state index in [0.29, 0.717) is 84.7 Å². The summed E-state index contributed by atoms with van der Waals surface area (Å²) in [5.74, 6) is 2.58. The molecule has 24 nitrogen and oxygen atoms in total.